The van der Waals surface area contributed by atoms with Crippen LogP contribution in [0.2, 0.25) is 0 Å². The summed E-state index contributed by atoms with van der Waals surface area (Å²) in [5, 5.41) is 22.6. The Morgan fingerprint density at radius 1 is 1.60 bits per heavy atom. The molecule has 0 aliphatic carbocycles. The summed E-state index contributed by atoms with van der Waals surface area (Å²) in [5.41, 5.74) is -1.06. The van der Waals surface area contributed by atoms with Crippen LogP contribution in [0.4, 0.5) is 10.1 Å². The highest BCUT2D eigenvalue weighted by Gasteiger charge is 2.21. The van der Waals surface area contributed by atoms with E-state index in [0.29, 0.717) is 12.8 Å². The molecule has 0 bridgehead atoms. The molecule has 1 N–H and O–H groups in total. The van der Waals surface area contributed by atoms with Crippen molar-refractivity contribution in [2.75, 3.05) is 13.7 Å². The van der Waals surface area contributed by atoms with E-state index >= 15 is 0 Å². The molecule has 0 aliphatic heterocycles. The van der Waals surface area contributed by atoms with Gasteiger partial charge in [-0.1, -0.05) is 0 Å². The van der Waals surface area contributed by atoms with Gasteiger partial charge in [-0.15, -0.1) is 0 Å². The molecule has 0 saturated heterocycles. The topological polar surface area (TPSA) is 88.2 Å². The Morgan fingerprint density at radius 2 is 2.30 bits per heavy atom. The van der Waals surface area contributed by atoms with Crippen molar-refractivity contribution >= 4 is 5.69 Å². The number of nitro groups is 1. The molecule has 0 saturated carbocycles. The summed E-state index contributed by atoms with van der Waals surface area (Å²) in [5.74, 6) is -0.657. The summed E-state index contributed by atoms with van der Waals surface area (Å²) < 4.78 is 18.2. The van der Waals surface area contributed by atoms with Crippen molar-refractivity contribution in [2.24, 2.45) is 0 Å². The van der Waals surface area contributed by atoms with Crippen LogP contribution >= 0.6 is 0 Å². The predicted octanol–water partition coefficient (Wildman–Crippen LogP) is 2.39. The van der Waals surface area contributed by atoms with Crippen molar-refractivity contribution in [1.29, 1.82) is 5.26 Å². The molecule has 0 aliphatic rings. The molecule has 1 rings (SSSR count). The van der Waals surface area contributed by atoms with Gasteiger partial charge >= 0.3 is 5.69 Å². The van der Waals surface area contributed by atoms with E-state index in [9.17, 15) is 14.5 Å². The highest BCUT2D eigenvalue weighted by molar-refractivity contribution is 5.46. The summed E-state index contributed by atoms with van der Waals surface area (Å²) >= 11 is 0. The highest BCUT2D eigenvalue weighted by Crippen LogP contribution is 2.27. The van der Waals surface area contributed by atoms with Gasteiger partial charge in [0.2, 0.25) is 0 Å². The molecule has 20 heavy (non-hydrogen) atoms. The number of hydrogen-bond acceptors (Lipinski definition) is 5. The fraction of sp³-hybridized carbons (Fsp3) is 0.462. The van der Waals surface area contributed by atoms with E-state index in [4.69, 9.17) is 10.00 Å². The van der Waals surface area contributed by atoms with Crippen molar-refractivity contribution in [3.63, 3.8) is 0 Å². The van der Waals surface area contributed by atoms with Crippen molar-refractivity contribution in [2.45, 2.75) is 25.3 Å². The maximum absolute atomic E-state index is 12.9. The lowest BCUT2D eigenvalue weighted by Crippen LogP contribution is -2.38. The first-order valence-electron chi connectivity index (χ1n) is 6.09. The predicted molar refractivity (Wildman–Crippen MR) is 70.9 cm³/mol. The van der Waals surface area contributed by atoms with Gasteiger partial charge in [-0.25, -0.2) is 4.39 Å². The fourth-order valence-electron chi connectivity index (χ4n) is 1.60. The molecule has 0 spiro atoms. The molecule has 0 amide bonds. The van der Waals surface area contributed by atoms with Gasteiger partial charge in [0.05, 0.1) is 23.7 Å². The number of rotatable bonds is 7. The maximum Gasteiger partial charge on any atom is 0.313 e. The van der Waals surface area contributed by atoms with E-state index in [1.165, 1.54) is 6.07 Å². The second kappa shape index (κ2) is 6.82. The largest absolute Gasteiger partial charge is 0.487 e. The number of nitro benzene ring substituents is 1. The van der Waals surface area contributed by atoms with Crippen LogP contribution in [0.1, 0.15) is 19.8 Å². The van der Waals surface area contributed by atoms with Crippen LogP contribution in [-0.4, -0.2) is 24.1 Å². The third-order valence-corrected chi connectivity index (χ3v) is 2.99. The zero-order valence-corrected chi connectivity index (χ0v) is 11.4. The molecule has 0 aromatic heterocycles. The smallest absolute Gasteiger partial charge is 0.313 e. The molecule has 1 aromatic rings. The van der Waals surface area contributed by atoms with E-state index in [2.05, 4.69) is 11.4 Å². The van der Waals surface area contributed by atoms with E-state index in [-0.39, 0.29) is 12.4 Å². The highest BCUT2D eigenvalue weighted by atomic mass is 19.1. The second-order valence-corrected chi connectivity index (χ2v) is 4.52. The van der Waals surface area contributed by atoms with Crippen LogP contribution in [0.25, 0.3) is 0 Å². The quantitative estimate of drug-likeness (QED) is 0.471. The van der Waals surface area contributed by atoms with Crippen LogP contribution in [0.15, 0.2) is 18.2 Å². The number of nitrogens with zero attached hydrogens (tertiary/aromatic N) is 2. The Kier molecular flexibility index (Phi) is 5.41. The number of nitrogens with one attached hydrogen (secondary N) is 1. The first kappa shape index (κ1) is 15.9. The number of nitriles is 1. The summed E-state index contributed by atoms with van der Waals surface area (Å²) in [6, 6.07) is 5.30. The van der Waals surface area contributed by atoms with Gasteiger partial charge in [0.15, 0.2) is 5.75 Å². The van der Waals surface area contributed by atoms with Crippen LogP contribution in [-0.2, 0) is 0 Å². The van der Waals surface area contributed by atoms with Crippen LogP contribution in [0.5, 0.6) is 5.75 Å². The van der Waals surface area contributed by atoms with Gasteiger partial charge in [-0.3, -0.25) is 10.1 Å². The fourth-order valence-corrected chi connectivity index (χ4v) is 1.60. The van der Waals surface area contributed by atoms with E-state index < -0.39 is 22.0 Å². The Balaban J connectivity index is 2.59. The normalized spacial score (nSPS) is 13.3. The average molecular weight is 281 g/mol. The Morgan fingerprint density at radius 3 is 2.85 bits per heavy atom. The molecular formula is C13H16FN3O3. The molecule has 7 heteroatoms. The van der Waals surface area contributed by atoms with Gasteiger partial charge < -0.3 is 10.1 Å². The summed E-state index contributed by atoms with van der Waals surface area (Å²) in [6.07, 6.45) is 1.08. The van der Waals surface area contributed by atoms with Gasteiger partial charge in [-0.2, -0.15) is 5.26 Å². The van der Waals surface area contributed by atoms with Gasteiger partial charge in [0.25, 0.3) is 0 Å². The van der Waals surface area contributed by atoms with Crippen molar-refractivity contribution < 1.29 is 14.1 Å². The van der Waals surface area contributed by atoms with Crippen molar-refractivity contribution in [1.82, 2.24) is 5.32 Å². The standard InChI is InChI=1S/C13H16FN3O3/c1-13(9-15,16-2)6-3-7-20-12-5-4-10(14)8-11(12)17(18)19/h4-5,8,16H,3,6-7H2,1-2H3. The van der Waals surface area contributed by atoms with Gasteiger partial charge in [-0.05, 0) is 38.9 Å². The Labute approximate surface area is 116 Å². The van der Waals surface area contributed by atoms with Crippen LogP contribution < -0.4 is 10.1 Å². The van der Waals surface area contributed by atoms with Crippen LogP contribution in [0.3, 0.4) is 0 Å². The average Bonchev–Trinajstić information content (AvgIpc) is 2.44. The molecule has 108 valence electrons. The molecule has 1 aromatic carbocycles. The third kappa shape index (κ3) is 4.17. The zero-order valence-electron chi connectivity index (χ0n) is 11.4. The minimum Gasteiger partial charge on any atom is -0.487 e. The number of ether oxygens (including phenoxy) is 1. The summed E-state index contributed by atoms with van der Waals surface area (Å²) in [7, 11) is 1.69. The monoisotopic (exact) mass is 281 g/mol. The summed E-state index contributed by atoms with van der Waals surface area (Å²) in [6.45, 7) is 1.97. The van der Waals surface area contributed by atoms with Gasteiger partial charge in [0.1, 0.15) is 11.4 Å². The summed E-state index contributed by atoms with van der Waals surface area (Å²) in [4.78, 5) is 10.1. The van der Waals surface area contributed by atoms with E-state index in [1.54, 1.807) is 14.0 Å². The Hall–Kier alpha value is -2.20. The molecule has 0 fully saturated rings. The first-order chi connectivity index (χ1) is 9.41. The maximum atomic E-state index is 12.9. The number of hydrogen-bond donors (Lipinski definition) is 1. The lowest BCUT2D eigenvalue weighted by Gasteiger charge is -2.20. The molecule has 0 heterocycles. The SMILES string of the molecule is CNC(C)(C#N)CCCOc1ccc(F)cc1[N+](=O)[O-]. The molecule has 0 radical (unpaired) electrons. The lowest BCUT2D eigenvalue weighted by atomic mass is 9.98. The molecule has 6 nitrogen and oxygen atoms in total. The zero-order chi connectivity index (χ0) is 15.2. The molecular weight excluding hydrogens is 265 g/mol. The minimum absolute atomic E-state index is 0.0273. The lowest BCUT2D eigenvalue weighted by molar-refractivity contribution is -0.386. The van der Waals surface area contributed by atoms with E-state index in [1.807, 2.05) is 0 Å². The Bertz CT molecular complexity index is 530. The second-order valence-electron chi connectivity index (χ2n) is 4.52. The third-order valence-electron chi connectivity index (χ3n) is 2.99. The number of benzene rings is 1. The minimum atomic E-state index is -0.689. The van der Waals surface area contributed by atoms with Crippen LogP contribution in [0, 0.1) is 27.3 Å². The first-order valence-corrected chi connectivity index (χ1v) is 6.09. The van der Waals surface area contributed by atoms with E-state index in [0.717, 1.165) is 12.1 Å². The number of halogens is 1. The van der Waals surface area contributed by atoms with Crippen molar-refractivity contribution in [3.8, 4) is 11.8 Å². The molecule has 1 atom stereocenters. The van der Waals surface area contributed by atoms with Crippen molar-refractivity contribution in [3.05, 3.63) is 34.1 Å². The molecule has 1 unspecified atom stereocenters. The van der Waals surface area contributed by atoms with Gasteiger partial charge in [0, 0.05) is 0 Å².